The normalized spacial score (nSPS) is 20.3. The summed E-state index contributed by atoms with van der Waals surface area (Å²) in [4.78, 5) is 46.5. The summed E-state index contributed by atoms with van der Waals surface area (Å²) in [6.45, 7) is 12.3. The molecule has 3 fully saturated rings. The number of alkyl halides is 3. The number of carboxylic acids is 1. The molecule has 1 N–H and O–H groups in total. The van der Waals surface area contributed by atoms with E-state index in [2.05, 4.69) is 29.8 Å². The Balaban J connectivity index is 0.000000617. The molecular formula is C34H45F3N4O5. The van der Waals surface area contributed by atoms with Gasteiger partial charge < -0.3 is 14.7 Å². The van der Waals surface area contributed by atoms with Gasteiger partial charge in [-0.3, -0.25) is 19.6 Å². The van der Waals surface area contributed by atoms with Crippen LogP contribution in [0.5, 0.6) is 0 Å². The predicted octanol–water partition coefficient (Wildman–Crippen LogP) is 6.29. The molecule has 3 saturated heterocycles. The number of likely N-dealkylation sites (tertiary alicyclic amines) is 2. The van der Waals surface area contributed by atoms with Crippen LogP contribution in [-0.2, 0) is 16.1 Å². The van der Waals surface area contributed by atoms with Gasteiger partial charge in [0, 0.05) is 56.8 Å². The molecular weight excluding hydrogens is 601 g/mol. The number of unbranched alkanes of at least 4 members (excludes halogenated alkanes) is 1. The largest absolute Gasteiger partial charge is 0.490 e. The van der Waals surface area contributed by atoms with E-state index in [9.17, 15) is 22.8 Å². The molecule has 46 heavy (non-hydrogen) atoms. The molecule has 2 aromatic rings. The summed E-state index contributed by atoms with van der Waals surface area (Å²) in [6, 6.07) is 10.6. The first-order chi connectivity index (χ1) is 21.8. The van der Waals surface area contributed by atoms with Crippen LogP contribution < -0.4 is 0 Å². The molecule has 12 heteroatoms. The van der Waals surface area contributed by atoms with E-state index >= 15 is 0 Å². The summed E-state index contributed by atoms with van der Waals surface area (Å²) in [7, 11) is 0. The lowest BCUT2D eigenvalue weighted by Gasteiger charge is -2.46. The maximum atomic E-state index is 13.3. The van der Waals surface area contributed by atoms with Gasteiger partial charge in [-0.15, -0.1) is 0 Å². The SMILES string of the molecule is CCCCC1N(Cc2ncccc2C)C(=O)OC12CCN(C1CCN(C(=O)c3c(C)cccc3C)CC1)CC2.O=C(O)C(F)(F)F. The highest BCUT2D eigenvalue weighted by molar-refractivity contribution is 5.97. The minimum absolute atomic E-state index is 0.0883. The van der Waals surface area contributed by atoms with E-state index in [1.54, 1.807) is 6.20 Å². The molecule has 5 rings (SSSR count). The van der Waals surface area contributed by atoms with Crippen molar-refractivity contribution in [2.75, 3.05) is 26.2 Å². The van der Waals surface area contributed by atoms with Crippen LogP contribution in [0.4, 0.5) is 18.0 Å². The fourth-order valence-electron chi connectivity index (χ4n) is 7.00. The maximum Gasteiger partial charge on any atom is 0.490 e. The Labute approximate surface area is 268 Å². The Morgan fingerprint density at radius 3 is 2.13 bits per heavy atom. The molecule has 0 aliphatic carbocycles. The van der Waals surface area contributed by atoms with Gasteiger partial charge in [-0.05, 0) is 62.8 Å². The number of nitrogens with zero attached hydrogens (tertiary/aromatic N) is 4. The number of ether oxygens (including phenoxy) is 1. The van der Waals surface area contributed by atoms with E-state index < -0.39 is 17.7 Å². The van der Waals surface area contributed by atoms with Crippen LogP contribution >= 0.6 is 0 Å². The third-order valence-corrected chi connectivity index (χ3v) is 9.63. The van der Waals surface area contributed by atoms with Crippen molar-refractivity contribution in [2.24, 2.45) is 0 Å². The molecule has 2 amide bonds. The van der Waals surface area contributed by atoms with E-state index in [1.807, 2.05) is 47.9 Å². The van der Waals surface area contributed by atoms with E-state index in [0.29, 0.717) is 12.6 Å². The number of carbonyl (C=O) groups is 3. The summed E-state index contributed by atoms with van der Waals surface area (Å²) >= 11 is 0. The second-order valence-electron chi connectivity index (χ2n) is 12.6. The minimum atomic E-state index is -5.08. The van der Waals surface area contributed by atoms with E-state index in [1.165, 1.54) is 0 Å². The van der Waals surface area contributed by atoms with E-state index in [4.69, 9.17) is 14.6 Å². The number of hydrogen-bond donors (Lipinski definition) is 1. The Bertz CT molecular complexity index is 1360. The summed E-state index contributed by atoms with van der Waals surface area (Å²) in [6.07, 6.45) is 3.40. The molecule has 1 aromatic heterocycles. The van der Waals surface area contributed by atoms with Crippen molar-refractivity contribution < 1.29 is 37.4 Å². The van der Waals surface area contributed by atoms with Crippen molar-refractivity contribution in [1.82, 2.24) is 19.7 Å². The first-order valence-corrected chi connectivity index (χ1v) is 16.1. The Morgan fingerprint density at radius 2 is 1.59 bits per heavy atom. The lowest BCUT2D eigenvalue weighted by Crippen LogP contribution is -2.56. The number of carbonyl (C=O) groups excluding carboxylic acids is 2. The highest BCUT2D eigenvalue weighted by Crippen LogP contribution is 2.42. The highest BCUT2D eigenvalue weighted by Gasteiger charge is 2.55. The molecule has 0 radical (unpaired) electrons. The van der Waals surface area contributed by atoms with Crippen LogP contribution in [0.3, 0.4) is 0 Å². The monoisotopic (exact) mass is 646 g/mol. The molecule has 1 unspecified atom stereocenters. The molecule has 252 valence electrons. The maximum absolute atomic E-state index is 13.3. The zero-order valence-electron chi connectivity index (χ0n) is 27.1. The van der Waals surface area contributed by atoms with E-state index in [-0.39, 0.29) is 18.0 Å². The Morgan fingerprint density at radius 1 is 1.00 bits per heavy atom. The number of hydrogen-bond acceptors (Lipinski definition) is 6. The quantitative estimate of drug-likeness (QED) is 0.377. The van der Waals surface area contributed by atoms with Gasteiger partial charge in [-0.25, -0.2) is 9.59 Å². The topological polar surface area (TPSA) is 103 Å². The lowest BCUT2D eigenvalue weighted by atomic mass is 9.81. The zero-order valence-corrected chi connectivity index (χ0v) is 27.1. The molecule has 9 nitrogen and oxygen atoms in total. The van der Waals surface area contributed by atoms with Gasteiger partial charge in [0.25, 0.3) is 5.91 Å². The summed E-state index contributed by atoms with van der Waals surface area (Å²) in [5, 5.41) is 7.12. The molecule has 3 aliphatic heterocycles. The van der Waals surface area contributed by atoms with Crippen LogP contribution in [0.2, 0.25) is 0 Å². The third-order valence-electron chi connectivity index (χ3n) is 9.63. The number of rotatable bonds is 7. The predicted molar refractivity (Wildman–Crippen MR) is 166 cm³/mol. The van der Waals surface area contributed by atoms with Crippen molar-refractivity contribution in [2.45, 2.75) is 103 Å². The van der Waals surface area contributed by atoms with Crippen molar-refractivity contribution >= 4 is 18.0 Å². The second kappa shape index (κ2) is 14.8. The molecule has 1 atom stereocenters. The minimum Gasteiger partial charge on any atom is -0.475 e. The first kappa shape index (κ1) is 35.2. The number of benzene rings is 1. The van der Waals surface area contributed by atoms with Gasteiger partial charge in [0.1, 0.15) is 5.60 Å². The molecule has 0 saturated carbocycles. The summed E-state index contributed by atoms with van der Waals surface area (Å²) < 4.78 is 38.0. The van der Waals surface area contributed by atoms with Crippen LogP contribution in [0.25, 0.3) is 0 Å². The number of aliphatic carboxylic acids is 1. The number of piperidine rings is 2. The second-order valence-corrected chi connectivity index (χ2v) is 12.6. The Hall–Kier alpha value is -3.67. The van der Waals surface area contributed by atoms with Gasteiger partial charge in [-0.1, -0.05) is 44.0 Å². The number of aromatic nitrogens is 1. The average Bonchev–Trinajstić information content (AvgIpc) is 3.26. The molecule has 0 bridgehead atoms. The zero-order chi connectivity index (χ0) is 33.6. The summed E-state index contributed by atoms with van der Waals surface area (Å²) in [5.41, 5.74) is 4.62. The fraction of sp³-hybridized carbons (Fsp3) is 0.588. The van der Waals surface area contributed by atoms with Crippen molar-refractivity contribution in [3.05, 3.63) is 64.5 Å². The number of carboxylic acid groups (broad SMARTS) is 1. The number of amides is 2. The van der Waals surface area contributed by atoms with E-state index in [0.717, 1.165) is 99.1 Å². The van der Waals surface area contributed by atoms with Gasteiger partial charge in [0.05, 0.1) is 18.3 Å². The standard InChI is InChI=1S/C32H44N4O3.C2HF3O2/c1-5-6-12-28-32(39-31(38)36(28)22-27-23(2)11-8-17-33-27)15-20-34(21-16-32)26-13-18-35(19-14-26)30(37)29-24(3)9-7-10-25(29)4;3-2(4,5)1(6)7/h7-11,17,26,28H,5-6,12-16,18-22H2,1-4H3;(H,6,7). The van der Waals surface area contributed by atoms with Gasteiger partial charge in [0.2, 0.25) is 0 Å². The van der Waals surface area contributed by atoms with Crippen LogP contribution in [0, 0.1) is 20.8 Å². The Kier molecular flexibility index (Phi) is 11.3. The van der Waals surface area contributed by atoms with Crippen molar-refractivity contribution in [3.63, 3.8) is 0 Å². The van der Waals surface area contributed by atoms with Crippen molar-refractivity contribution in [3.8, 4) is 0 Å². The smallest absolute Gasteiger partial charge is 0.475 e. The first-order valence-electron chi connectivity index (χ1n) is 16.1. The third kappa shape index (κ3) is 8.00. The number of aryl methyl sites for hydroxylation is 3. The number of halogens is 3. The van der Waals surface area contributed by atoms with Gasteiger partial charge in [0.15, 0.2) is 0 Å². The molecule has 1 aromatic carbocycles. The van der Waals surface area contributed by atoms with Gasteiger partial charge >= 0.3 is 18.2 Å². The average molecular weight is 647 g/mol. The van der Waals surface area contributed by atoms with Crippen LogP contribution in [-0.4, -0.2) is 92.8 Å². The van der Waals surface area contributed by atoms with Crippen LogP contribution in [0.15, 0.2) is 36.5 Å². The lowest BCUT2D eigenvalue weighted by molar-refractivity contribution is -0.192. The molecule has 3 aliphatic rings. The van der Waals surface area contributed by atoms with Gasteiger partial charge in [-0.2, -0.15) is 13.2 Å². The highest BCUT2D eigenvalue weighted by atomic mass is 19.4. The summed E-state index contributed by atoms with van der Waals surface area (Å²) in [5.74, 6) is -2.59. The fourth-order valence-corrected chi connectivity index (χ4v) is 7.00. The molecule has 1 spiro atoms. The number of pyridine rings is 1. The van der Waals surface area contributed by atoms with Crippen molar-refractivity contribution in [1.29, 1.82) is 0 Å². The van der Waals surface area contributed by atoms with Crippen LogP contribution in [0.1, 0.15) is 84.6 Å². The molecule has 4 heterocycles.